The van der Waals surface area contributed by atoms with Crippen LogP contribution >= 0.6 is 0 Å². The molecule has 88 valence electrons. The van der Waals surface area contributed by atoms with Crippen LogP contribution in [0.5, 0.6) is 0 Å². The molecule has 0 aliphatic rings. The van der Waals surface area contributed by atoms with Crippen molar-refractivity contribution in [3.63, 3.8) is 0 Å². The Labute approximate surface area is 95.8 Å². The summed E-state index contributed by atoms with van der Waals surface area (Å²) in [5, 5.41) is 14.0. The van der Waals surface area contributed by atoms with Gasteiger partial charge in [-0.05, 0) is 31.9 Å². The predicted octanol–water partition coefficient (Wildman–Crippen LogP) is 3.50. The number of hydrogen-bond donors (Lipinski definition) is 1. The van der Waals surface area contributed by atoms with E-state index in [4.69, 9.17) is 0 Å². The van der Waals surface area contributed by atoms with Gasteiger partial charge < -0.3 is 5.32 Å². The number of nitro groups is 1. The third kappa shape index (κ3) is 3.53. The molecule has 4 nitrogen and oxygen atoms in total. The first kappa shape index (κ1) is 12.5. The highest BCUT2D eigenvalue weighted by molar-refractivity contribution is 5.54. The van der Waals surface area contributed by atoms with E-state index in [0.29, 0.717) is 6.04 Å². The fourth-order valence-corrected chi connectivity index (χ4v) is 1.74. The van der Waals surface area contributed by atoms with Crippen molar-refractivity contribution in [3.8, 4) is 0 Å². The van der Waals surface area contributed by atoms with Crippen molar-refractivity contribution in [1.82, 2.24) is 0 Å². The number of nitro benzene ring substituents is 1. The van der Waals surface area contributed by atoms with Gasteiger partial charge in [-0.1, -0.05) is 13.3 Å². The average Bonchev–Trinajstić information content (AvgIpc) is 2.16. The highest BCUT2D eigenvalue weighted by Crippen LogP contribution is 2.21. The van der Waals surface area contributed by atoms with Crippen LogP contribution in [-0.4, -0.2) is 11.0 Å². The van der Waals surface area contributed by atoms with E-state index in [9.17, 15) is 10.1 Å². The zero-order valence-electron chi connectivity index (χ0n) is 9.99. The van der Waals surface area contributed by atoms with E-state index in [1.54, 1.807) is 12.1 Å². The molecule has 0 saturated carbocycles. The molecule has 0 spiro atoms. The lowest BCUT2D eigenvalue weighted by molar-refractivity contribution is -0.384. The van der Waals surface area contributed by atoms with Gasteiger partial charge in [0.15, 0.2) is 0 Å². The topological polar surface area (TPSA) is 55.2 Å². The van der Waals surface area contributed by atoms with Crippen molar-refractivity contribution in [1.29, 1.82) is 0 Å². The second-order valence-electron chi connectivity index (χ2n) is 4.15. The number of non-ortho nitro benzene ring substituents is 1. The lowest BCUT2D eigenvalue weighted by atomic mass is 10.1. The predicted molar refractivity (Wildman–Crippen MR) is 65.8 cm³/mol. The Kier molecular flexibility index (Phi) is 4.28. The minimum Gasteiger partial charge on any atom is -0.382 e. The molecular formula is C12H18N2O2. The van der Waals surface area contributed by atoms with Gasteiger partial charge in [0, 0.05) is 23.9 Å². The maximum Gasteiger partial charge on any atom is 0.271 e. The van der Waals surface area contributed by atoms with E-state index in [0.717, 1.165) is 24.1 Å². The van der Waals surface area contributed by atoms with Crippen LogP contribution in [0.1, 0.15) is 32.3 Å². The van der Waals surface area contributed by atoms with E-state index in [1.807, 2.05) is 13.0 Å². The Morgan fingerprint density at radius 3 is 2.69 bits per heavy atom. The van der Waals surface area contributed by atoms with Gasteiger partial charge in [-0.25, -0.2) is 0 Å². The van der Waals surface area contributed by atoms with Gasteiger partial charge in [-0.3, -0.25) is 10.1 Å². The average molecular weight is 222 g/mol. The molecule has 1 aromatic carbocycles. The summed E-state index contributed by atoms with van der Waals surface area (Å²) in [5.41, 5.74) is 1.87. The van der Waals surface area contributed by atoms with Crippen LogP contribution < -0.4 is 5.32 Å². The van der Waals surface area contributed by atoms with Crippen molar-refractivity contribution in [2.45, 2.75) is 39.7 Å². The summed E-state index contributed by atoms with van der Waals surface area (Å²) in [6.45, 7) is 6.07. The molecule has 0 fully saturated rings. The molecule has 0 aliphatic carbocycles. The second-order valence-corrected chi connectivity index (χ2v) is 4.15. The molecule has 0 bridgehead atoms. The third-order valence-electron chi connectivity index (χ3n) is 2.41. The van der Waals surface area contributed by atoms with E-state index >= 15 is 0 Å². The lowest BCUT2D eigenvalue weighted by Gasteiger charge is -2.14. The Balaban J connectivity index is 2.84. The molecule has 0 saturated heterocycles. The molecule has 16 heavy (non-hydrogen) atoms. The zero-order valence-corrected chi connectivity index (χ0v) is 9.99. The van der Waals surface area contributed by atoms with Crippen LogP contribution in [0.25, 0.3) is 0 Å². The summed E-state index contributed by atoms with van der Waals surface area (Å²) in [4.78, 5) is 10.3. The molecular weight excluding hydrogens is 204 g/mol. The van der Waals surface area contributed by atoms with E-state index in [-0.39, 0.29) is 10.6 Å². The van der Waals surface area contributed by atoms with Gasteiger partial charge in [0.1, 0.15) is 0 Å². The Bertz CT molecular complexity index is 377. The first-order valence-corrected chi connectivity index (χ1v) is 5.55. The van der Waals surface area contributed by atoms with Crippen LogP contribution in [-0.2, 0) is 0 Å². The molecule has 1 atom stereocenters. The molecule has 4 heteroatoms. The first-order chi connectivity index (χ1) is 7.52. The maximum absolute atomic E-state index is 10.7. The first-order valence-electron chi connectivity index (χ1n) is 5.55. The monoisotopic (exact) mass is 222 g/mol. The quantitative estimate of drug-likeness (QED) is 0.612. The summed E-state index contributed by atoms with van der Waals surface area (Å²) in [5.74, 6) is 0. The standard InChI is InChI=1S/C12H18N2O2/c1-4-5-10(3)13-11-6-9(2)7-12(8-11)14(15)16/h6-8,10,13H,4-5H2,1-3H3. The Morgan fingerprint density at radius 2 is 2.12 bits per heavy atom. The summed E-state index contributed by atoms with van der Waals surface area (Å²) in [6.07, 6.45) is 2.16. The largest absolute Gasteiger partial charge is 0.382 e. The van der Waals surface area contributed by atoms with Crippen LogP contribution in [0.2, 0.25) is 0 Å². The van der Waals surface area contributed by atoms with Gasteiger partial charge in [-0.2, -0.15) is 0 Å². The van der Waals surface area contributed by atoms with Gasteiger partial charge >= 0.3 is 0 Å². The summed E-state index contributed by atoms with van der Waals surface area (Å²) >= 11 is 0. The van der Waals surface area contributed by atoms with E-state index in [1.165, 1.54) is 0 Å². The summed E-state index contributed by atoms with van der Waals surface area (Å²) < 4.78 is 0. The zero-order chi connectivity index (χ0) is 12.1. The number of anilines is 1. The highest BCUT2D eigenvalue weighted by atomic mass is 16.6. The molecule has 1 rings (SSSR count). The highest BCUT2D eigenvalue weighted by Gasteiger charge is 2.09. The van der Waals surface area contributed by atoms with Crippen molar-refractivity contribution in [2.75, 3.05) is 5.32 Å². The van der Waals surface area contributed by atoms with Crippen molar-refractivity contribution < 1.29 is 4.92 Å². The molecule has 0 aliphatic heterocycles. The number of aryl methyl sites for hydroxylation is 1. The van der Waals surface area contributed by atoms with Crippen LogP contribution in [0.4, 0.5) is 11.4 Å². The maximum atomic E-state index is 10.7. The fourth-order valence-electron chi connectivity index (χ4n) is 1.74. The minimum absolute atomic E-state index is 0.145. The smallest absolute Gasteiger partial charge is 0.271 e. The SMILES string of the molecule is CCCC(C)Nc1cc(C)cc([N+](=O)[O-])c1. The number of nitrogens with zero attached hydrogens (tertiary/aromatic N) is 1. The third-order valence-corrected chi connectivity index (χ3v) is 2.41. The molecule has 0 heterocycles. The molecule has 1 N–H and O–H groups in total. The van der Waals surface area contributed by atoms with Gasteiger partial charge in [0.25, 0.3) is 5.69 Å². The van der Waals surface area contributed by atoms with Gasteiger partial charge in [-0.15, -0.1) is 0 Å². The van der Waals surface area contributed by atoms with Crippen LogP contribution in [0.3, 0.4) is 0 Å². The Morgan fingerprint density at radius 1 is 1.44 bits per heavy atom. The number of rotatable bonds is 5. The van der Waals surface area contributed by atoms with E-state index in [2.05, 4.69) is 19.2 Å². The number of hydrogen-bond acceptors (Lipinski definition) is 3. The molecule has 1 unspecified atom stereocenters. The molecule has 1 aromatic rings. The van der Waals surface area contributed by atoms with Crippen LogP contribution in [0, 0.1) is 17.0 Å². The second kappa shape index (κ2) is 5.49. The van der Waals surface area contributed by atoms with E-state index < -0.39 is 0 Å². The summed E-state index contributed by atoms with van der Waals surface area (Å²) in [7, 11) is 0. The summed E-state index contributed by atoms with van der Waals surface area (Å²) in [6, 6.07) is 5.43. The lowest BCUT2D eigenvalue weighted by Crippen LogP contribution is -2.14. The normalized spacial score (nSPS) is 12.2. The fraction of sp³-hybridized carbons (Fsp3) is 0.500. The minimum atomic E-state index is -0.358. The Hall–Kier alpha value is -1.58. The van der Waals surface area contributed by atoms with Crippen molar-refractivity contribution in [3.05, 3.63) is 33.9 Å². The molecule has 0 amide bonds. The van der Waals surface area contributed by atoms with Gasteiger partial charge in [0.05, 0.1) is 4.92 Å². The van der Waals surface area contributed by atoms with Crippen LogP contribution in [0.15, 0.2) is 18.2 Å². The van der Waals surface area contributed by atoms with Crippen molar-refractivity contribution in [2.24, 2.45) is 0 Å². The molecule has 0 aromatic heterocycles. The molecule has 0 radical (unpaired) electrons. The number of benzene rings is 1. The van der Waals surface area contributed by atoms with Gasteiger partial charge in [0.2, 0.25) is 0 Å². The number of nitrogens with one attached hydrogen (secondary N) is 1. The van der Waals surface area contributed by atoms with Crippen molar-refractivity contribution >= 4 is 11.4 Å².